The number of fused-ring (bicyclic) bond motifs is 1. The van der Waals surface area contributed by atoms with Crippen molar-refractivity contribution in [2.45, 2.75) is 0 Å². The first-order valence-corrected chi connectivity index (χ1v) is 11.5. The van der Waals surface area contributed by atoms with Crippen LogP contribution in [0.2, 0.25) is 0 Å². The summed E-state index contributed by atoms with van der Waals surface area (Å²) >= 11 is 2.93. The molecule has 0 saturated carbocycles. The van der Waals surface area contributed by atoms with Gasteiger partial charge >= 0.3 is 0 Å². The predicted molar refractivity (Wildman–Crippen MR) is 126 cm³/mol. The first-order valence-electron chi connectivity index (χ1n) is 9.77. The Morgan fingerprint density at radius 3 is 2.53 bits per heavy atom. The Bertz CT molecular complexity index is 1630. The van der Waals surface area contributed by atoms with Crippen LogP contribution in [0.5, 0.6) is 0 Å². The second kappa shape index (κ2) is 7.63. The van der Waals surface area contributed by atoms with Crippen LogP contribution >= 0.6 is 22.7 Å². The molecule has 1 aromatic carbocycles. The molecule has 0 aliphatic rings. The van der Waals surface area contributed by atoms with Gasteiger partial charge in [0.25, 0.3) is 5.56 Å². The minimum atomic E-state index is -0.192. The number of para-hydroxylation sites is 1. The van der Waals surface area contributed by atoms with Crippen molar-refractivity contribution in [3.63, 3.8) is 0 Å². The molecule has 0 saturated heterocycles. The van der Waals surface area contributed by atoms with Crippen molar-refractivity contribution in [1.29, 1.82) is 0 Å². The third-order valence-electron chi connectivity index (χ3n) is 4.92. The summed E-state index contributed by atoms with van der Waals surface area (Å²) in [5.74, 6) is 0.512. The van der Waals surface area contributed by atoms with Gasteiger partial charge in [-0.3, -0.25) is 9.78 Å². The van der Waals surface area contributed by atoms with E-state index in [1.54, 1.807) is 23.7 Å². The molecule has 0 N–H and O–H groups in total. The standard InChI is InChI=1S/C23H14N6OS2/c30-22-19(32-23-25-21(27-29(22)23)15-8-10-24-11-9-15)13-16-14-28(17-5-2-1-3-6-17)26-20(16)18-7-4-12-31-18/h1-14H. The highest BCUT2D eigenvalue weighted by Gasteiger charge is 2.15. The zero-order chi connectivity index (χ0) is 21.5. The minimum Gasteiger partial charge on any atom is -0.266 e. The number of hydrogen-bond acceptors (Lipinski definition) is 7. The van der Waals surface area contributed by atoms with E-state index in [2.05, 4.69) is 15.1 Å². The average Bonchev–Trinajstić information content (AvgIpc) is 3.62. The Morgan fingerprint density at radius 2 is 1.78 bits per heavy atom. The van der Waals surface area contributed by atoms with Gasteiger partial charge in [-0.2, -0.15) is 14.6 Å². The molecular formula is C23H14N6OS2. The van der Waals surface area contributed by atoms with Crippen molar-refractivity contribution in [2.24, 2.45) is 0 Å². The molecule has 0 atom stereocenters. The number of hydrogen-bond donors (Lipinski definition) is 0. The number of thiazole rings is 1. The predicted octanol–water partition coefficient (Wildman–Crippen LogP) is 3.67. The zero-order valence-electron chi connectivity index (χ0n) is 16.5. The maximum atomic E-state index is 13.1. The summed E-state index contributed by atoms with van der Waals surface area (Å²) in [7, 11) is 0. The number of nitrogens with zero attached hydrogens (tertiary/aromatic N) is 6. The summed E-state index contributed by atoms with van der Waals surface area (Å²) in [6.07, 6.45) is 7.18. The summed E-state index contributed by atoms with van der Waals surface area (Å²) in [4.78, 5) is 23.2. The van der Waals surface area contributed by atoms with Gasteiger partial charge in [0.1, 0.15) is 5.69 Å². The molecule has 0 spiro atoms. The summed E-state index contributed by atoms with van der Waals surface area (Å²) in [6.45, 7) is 0. The van der Waals surface area contributed by atoms with Gasteiger partial charge in [0.15, 0.2) is 5.82 Å². The highest BCUT2D eigenvalue weighted by Crippen LogP contribution is 2.28. The molecule has 0 fully saturated rings. The van der Waals surface area contributed by atoms with Crippen LogP contribution in [-0.4, -0.2) is 29.4 Å². The lowest BCUT2D eigenvalue weighted by Gasteiger charge is -1.99. The Morgan fingerprint density at radius 1 is 0.938 bits per heavy atom. The summed E-state index contributed by atoms with van der Waals surface area (Å²) in [6, 6.07) is 17.6. The fraction of sp³-hybridized carbons (Fsp3) is 0. The van der Waals surface area contributed by atoms with E-state index in [1.165, 1.54) is 15.9 Å². The van der Waals surface area contributed by atoms with Crippen molar-refractivity contribution < 1.29 is 0 Å². The third kappa shape index (κ3) is 3.24. The van der Waals surface area contributed by atoms with Crippen LogP contribution < -0.4 is 10.1 Å². The second-order valence-electron chi connectivity index (χ2n) is 6.97. The summed E-state index contributed by atoms with van der Waals surface area (Å²) in [5.41, 5.74) is 3.29. The number of thiophene rings is 1. The van der Waals surface area contributed by atoms with E-state index in [1.807, 2.05) is 76.9 Å². The number of benzene rings is 1. The Balaban J connectivity index is 1.49. The number of aromatic nitrogens is 6. The third-order valence-corrected chi connectivity index (χ3v) is 6.76. The minimum absolute atomic E-state index is 0.192. The van der Waals surface area contributed by atoms with E-state index in [0.717, 1.165) is 27.4 Å². The van der Waals surface area contributed by atoms with Crippen LogP contribution in [-0.2, 0) is 0 Å². The Hall–Kier alpha value is -3.95. The maximum Gasteiger partial charge on any atom is 0.291 e. The van der Waals surface area contributed by atoms with Gasteiger partial charge in [0.2, 0.25) is 4.96 Å². The van der Waals surface area contributed by atoms with Crippen LogP contribution in [0.25, 0.3) is 38.7 Å². The topological polar surface area (TPSA) is 78.0 Å². The van der Waals surface area contributed by atoms with Gasteiger partial charge in [-0.15, -0.1) is 16.4 Å². The molecule has 0 bridgehead atoms. The smallest absolute Gasteiger partial charge is 0.266 e. The lowest BCUT2D eigenvalue weighted by molar-refractivity contribution is 0.885. The molecule has 0 amide bonds. The van der Waals surface area contributed by atoms with E-state index in [-0.39, 0.29) is 5.56 Å². The van der Waals surface area contributed by atoms with Gasteiger partial charge in [0, 0.05) is 29.7 Å². The highest BCUT2D eigenvalue weighted by molar-refractivity contribution is 7.15. The summed E-state index contributed by atoms with van der Waals surface area (Å²) in [5, 5.41) is 11.2. The van der Waals surface area contributed by atoms with Crippen LogP contribution in [0.15, 0.2) is 83.4 Å². The van der Waals surface area contributed by atoms with Crippen molar-refractivity contribution >= 4 is 33.7 Å². The van der Waals surface area contributed by atoms with Crippen LogP contribution in [0.4, 0.5) is 0 Å². The second-order valence-corrected chi connectivity index (χ2v) is 8.93. The molecule has 5 heterocycles. The normalized spacial score (nSPS) is 12.1. The fourth-order valence-electron chi connectivity index (χ4n) is 3.41. The van der Waals surface area contributed by atoms with Crippen molar-refractivity contribution in [1.82, 2.24) is 29.4 Å². The quantitative estimate of drug-likeness (QED) is 0.406. The lowest BCUT2D eigenvalue weighted by atomic mass is 10.2. The van der Waals surface area contributed by atoms with Gasteiger partial charge in [-0.05, 0) is 41.8 Å². The molecule has 7 nitrogen and oxygen atoms in total. The van der Waals surface area contributed by atoms with Crippen molar-refractivity contribution in [3.8, 4) is 27.6 Å². The van der Waals surface area contributed by atoms with E-state index < -0.39 is 0 Å². The molecule has 9 heteroatoms. The summed E-state index contributed by atoms with van der Waals surface area (Å²) < 4.78 is 3.76. The molecular weight excluding hydrogens is 440 g/mol. The Labute approximate surface area is 189 Å². The average molecular weight is 455 g/mol. The van der Waals surface area contributed by atoms with Gasteiger partial charge in [-0.1, -0.05) is 35.6 Å². The van der Waals surface area contributed by atoms with Crippen LogP contribution in [0.1, 0.15) is 5.56 Å². The molecule has 5 aromatic heterocycles. The zero-order valence-corrected chi connectivity index (χ0v) is 18.1. The monoisotopic (exact) mass is 454 g/mol. The molecule has 32 heavy (non-hydrogen) atoms. The first-order chi connectivity index (χ1) is 15.8. The molecule has 0 aliphatic heterocycles. The van der Waals surface area contributed by atoms with Gasteiger partial charge in [0.05, 0.1) is 15.1 Å². The molecule has 0 unspecified atom stereocenters. The lowest BCUT2D eigenvalue weighted by Crippen LogP contribution is -2.23. The largest absolute Gasteiger partial charge is 0.291 e. The SMILES string of the molecule is O=c1c(=Cc2cn(-c3ccccc3)nc2-c2cccs2)sc2nc(-c3ccncc3)nn12. The van der Waals surface area contributed by atoms with Crippen LogP contribution in [0.3, 0.4) is 0 Å². The molecule has 154 valence electrons. The Kier molecular flexibility index (Phi) is 4.48. The molecule has 0 radical (unpaired) electrons. The van der Waals surface area contributed by atoms with Crippen molar-refractivity contribution in [3.05, 3.63) is 99.0 Å². The van der Waals surface area contributed by atoms with Gasteiger partial charge < -0.3 is 0 Å². The van der Waals surface area contributed by atoms with E-state index in [9.17, 15) is 4.79 Å². The van der Waals surface area contributed by atoms with Crippen molar-refractivity contribution in [2.75, 3.05) is 0 Å². The number of pyridine rings is 1. The van der Waals surface area contributed by atoms with E-state index in [0.29, 0.717) is 15.3 Å². The molecule has 0 aliphatic carbocycles. The van der Waals surface area contributed by atoms with Gasteiger partial charge in [-0.25, -0.2) is 4.68 Å². The number of rotatable bonds is 4. The highest BCUT2D eigenvalue weighted by atomic mass is 32.1. The fourth-order valence-corrected chi connectivity index (χ4v) is 5.04. The molecule has 6 rings (SSSR count). The van der Waals surface area contributed by atoms with E-state index in [4.69, 9.17) is 5.10 Å². The molecule has 6 aromatic rings. The maximum absolute atomic E-state index is 13.1. The van der Waals surface area contributed by atoms with E-state index >= 15 is 0 Å². The van der Waals surface area contributed by atoms with Crippen LogP contribution in [0, 0.1) is 0 Å². The first kappa shape index (κ1) is 18.8.